The van der Waals surface area contributed by atoms with Crippen molar-refractivity contribution in [2.45, 2.75) is 88.7 Å². The molecule has 4 fully saturated rings. The first-order valence-corrected chi connectivity index (χ1v) is 14.0. The Morgan fingerprint density at radius 1 is 0.912 bits per heavy atom. The molecule has 0 radical (unpaired) electrons. The molecule has 0 bridgehead atoms. The number of benzene rings is 1. The van der Waals surface area contributed by atoms with Gasteiger partial charge in [-0.25, -0.2) is 0 Å². The molecule has 8 atom stereocenters. The normalized spacial score (nSPS) is 42.1. The molecule has 4 saturated carbocycles. The van der Waals surface area contributed by atoms with Gasteiger partial charge in [0.1, 0.15) is 0 Å². The van der Waals surface area contributed by atoms with Crippen LogP contribution in [-0.4, -0.2) is 42.7 Å². The molecule has 6 rings (SSSR count). The summed E-state index contributed by atoms with van der Waals surface area (Å²) < 4.78 is 6.76. The number of nitrogens with zero attached hydrogens (tertiary/aromatic N) is 2. The molecule has 4 aliphatic rings. The third kappa shape index (κ3) is 3.48. The topological polar surface area (TPSA) is 25.4 Å². The summed E-state index contributed by atoms with van der Waals surface area (Å²) in [5.41, 5.74) is 1.96. The van der Waals surface area contributed by atoms with Crippen LogP contribution in [0.2, 0.25) is 0 Å². The van der Waals surface area contributed by atoms with Gasteiger partial charge in [-0.2, -0.15) is 0 Å². The van der Waals surface area contributed by atoms with Gasteiger partial charge < -0.3 is 9.64 Å². The van der Waals surface area contributed by atoms with Gasteiger partial charge in [0, 0.05) is 30.9 Å². The third-order valence-corrected chi connectivity index (χ3v) is 11.4. The minimum atomic E-state index is 0.0884. The monoisotopic (exact) mass is 460 g/mol. The maximum atomic E-state index is 6.76. The predicted molar refractivity (Wildman–Crippen MR) is 140 cm³/mol. The van der Waals surface area contributed by atoms with Crippen molar-refractivity contribution >= 4 is 10.8 Å². The summed E-state index contributed by atoms with van der Waals surface area (Å²) >= 11 is 0. The van der Waals surface area contributed by atoms with Gasteiger partial charge in [-0.05, 0) is 136 Å². The summed E-state index contributed by atoms with van der Waals surface area (Å²) in [6.45, 7) is 2.62. The van der Waals surface area contributed by atoms with Crippen LogP contribution in [0.1, 0.15) is 82.6 Å². The Labute approximate surface area is 206 Å². The van der Waals surface area contributed by atoms with Gasteiger partial charge in [0.2, 0.25) is 0 Å². The van der Waals surface area contributed by atoms with E-state index in [-0.39, 0.29) is 5.60 Å². The van der Waals surface area contributed by atoms with Gasteiger partial charge in [-0.1, -0.05) is 19.1 Å². The van der Waals surface area contributed by atoms with Crippen LogP contribution in [-0.2, 0) is 4.74 Å². The van der Waals surface area contributed by atoms with Crippen LogP contribution < -0.4 is 0 Å². The van der Waals surface area contributed by atoms with Crippen LogP contribution in [0.3, 0.4) is 0 Å². The highest BCUT2D eigenvalue weighted by Gasteiger charge is 2.62. The van der Waals surface area contributed by atoms with E-state index in [1.54, 1.807) is 0 Å². The molecule has 0 aliphatic heterocycles. The Hall–Kier alpha value is -1.45. The lowest BCUT2D eigenvalue weighted by atomic mass is 9.53. The summed E-state index contributed by atoms with van der Waals surface area (Å²) in [4.78, 5) is 6.88. The highest BCUT2D eigenvalue weighted by Crippen LogP contribution is 2.67. The molecule has 0 saturated heterocycles. The van der Waals surface area contributed by atoms with Crippen molar-refractivity contribution in [2.75, 3.05) is 21.2 Å². The largest absolute Gasteiger partial charge is 0.378 e. The third-order valence-electron chi connectivity index (χ3n) is 11.4. The fraction of sp³-hybridized carbons (Fsp3) is 0.710. The molecule has 1 heterocycles. The van der Waals surface area contributed by atoms with Crippen molar-refractivity contribution in [3.05, 3.63) is 42.2 Å². The smallest absolute Gasteiger partial charge is 0.0740 e. The molecule has 184 valence electrons. The van der Waals surface area contributed by atoms with Crippen molar-refractivity contribution in [1.82, 2.24) is 9.88 Å². The second kappa shape index (κ2) is 8.59. The van der Waals surface area contributed by atoms with Crippen LogP contribution in [0.15, 0.2) is 36.7 Å². The van der Waals surface area contributed by atoms with Crippen molar-refractivity contribution in [2.24, 2.45) is 29.1 Å². The Bertz CT molecular complexity index is 1040. The average molecular weight is 461 g/mol. The average Bonchev–Trinajstić information content (AvgIpc) is 3.12. The van der Waals surface area contributed by atoms with Crippen molar-refractivity contribution in [3.8, 4) is 0 Å². The van der Waals surface area contributed by atoms with Gasteiger partial charge >= 0.3 is 0 Å². The SMILES string of the molecule is CO[C@]12CCC3C[C@H](N(C)C)CCC3CC1CC[C@]1(C)[C@@H](c3ccc4ccncc4c3)CC[C@H]12. The van der Waals surface area contributed by atoms with Gasteiger partial charge in [-0.3, -0.25) is 4.98 Å². The first-order chi connectivity index (χ1) is 16.4. The van der Waals surface area contributed by atoms with Crippen molar-refractivity contribution in [3.63, 3.8) is 0 Å². The lowest BCUT2D eigenvalue weighted by Crippen LogP contribution is -2.55. The van der Waals surface area contributed by atoms with Crippen LogP contribution in [0.4, 0.5) is 0 Å². The number of hydrogen-bond acceptors (Lipinski definition) is 3. The van der Waals surface area contributed by atoms with Gasteiger partial charge in [-0.15, -0.1) is 0 Å². The van der Waals surface area contributed by atoms with Crippen LogP contribution in [0, 0.1) is 29.1 Å². The molecule has 34 heavy (non-hydrogen) atoms. The quantitative estimate of drug-likeness (QED) is 0.490. The molecule has 2 aromatic rings. The lowest BCUT2D eigenvalue weighted by Gasteiger charge is -2.56. The zero-order valence-electron chi connectivity index (χ0n) is 21.8. The van der Waals surface area contributed by atoms with Crippen molar-refractivity contribution in [1.29, 1.82) is 0 Å². The fourth-order valence-corrected chi connectivity index (χ4v) is 9.59. The Morgan fingerprint density at radius 3 is 2.59 bits per heavy atom. The molecule has 0 amide bonds. The van der Waals surface area contributed by atoms with E-state index in [1.165, 1.54) is 80.5 Å². The van der Waals surface area contributed by atoms with E-state index in [4.69, 9.17) is 4.74 Å². The number of hydrogen-bond donors (Lipinski definition) is 0. The minimum absolute atomic E-state index is 0.0884. The standard InChI is InChI=1S/C31H44N2O/c1-30-14-12-26-18-22-7-8-27(33(2)3)19-23(22)11-15-31(26,34-4)29(30)10-9-28(30)24-6-5-21-13-16-32-20-25(21)17-24/h5-6,13,16-17,20,22-23,26-29H,7-12,14-15,18-19H2,1-4H3/t22?,23?,26?,27-,28-,29-,30-,31-/m1/s1. The van der Waals surface area contributed by atoms with Gasteiger partial charge in [0.05, 0.1) is 5.60 Å². The molecule has 0 N–H and O–H groups in total. The van der Waals surface area contributed by atoms with Crippen molar-refractivity contribution < 1.29 is 4.74 Å². The minimum Gasteiger partial charge on any atom is -0.378 e. The summed E-state index contributed by atoms with van der Waals surface area (Å²) in [5, 5.41) is 2.59. The van der Waals surface area contributed by atoms with E-state index < -0.39 is 0 Å². The van der Waals surface area contributed by atoms with E-state index in [1.807, 2.05) is 12.4 Å². The molecule has 0 spiro atoms. The summed E-state index contributed by atoms with van der Waals surface area (Å²) in [5.74, 6) is 3.89. The molecular weight excluding hydrogens is 416 g/mol. The number of fused-ring (bicyclic) bond motifs is 5. The van der Waals surface area contributed by atoms with E-state index in [0.29, 0.717) is 17.3 Å². The molecule has 3 nitrogen and oxygen atoms in total. The van der Waals surface area contributed by atoms with Crippen LogP contribution in [0.25, 0.3) is 10.8 Å². The number of ether oxygens (including phenoxy) is 1. The molecule has 1 aromatic heterocycles. The zero-order chi connectivity index (χ0) is 23.5. The van der Waals surface area contributed by atoms with E-state index >= 15 is 0 Å². The second-order valence-electron chi connectivity index (χ2n) is 12.8. The first-order valence-electron chi connectivity index (χ1n) is 14.0. The van der Waals surface area contributed by atoms with E-state index in [9.17, 15) is 0 Å². The molecule has 1 aromatic carbocycles. The maximum absolute atomic E-state index is 6.76. The summed E-state index contributed by atoms with van der Waals surface area (Å²) in [6.07, 6.45) is 17.6. The van der Waals surface area contributed by atoms with Crippen LogP contribution >= 0.6 is 0 Å². The highest BCUT2D eigenvalue weighted by molar-refractivity contribution is 5.82. The molecule has 3 unspecified atom stereocenters. The van der Waals surface area contributed by atoms with Gasteiger partial charge in [0.15, 0.2) is 0 Å². The van der Waals surface area contributed by atoms with Crippen LogP contribution in [0.5, 0.6) is 0 Å². The number of rotatable bonds is 3. The zero-order valence-corrected chi connectivity index (χ0v) is 21.8. The first kappa shape index (κ1) is 23.0. The lowest BCUT2D eigenvalue weighted by molar-refractivity contribution is -0.165. The van der Waals surface area contributed by atoms with Gasteiger partial charge in [0.25, 0.3) is 0 Å². The number of methoxy groups -OCH3 is 1. The second-order valence-corrected chi connectivity index (χ2v) is 12.8. The Kier molecular flexibility index (Phi) is 5.81. The molecule has 3 heteroatoms. The van der Waals surface area contributed by atoms with E-state index in [0.717, 1.165) is 23.8 Å². The number of pyridine rings is 1. The van der Waals surface area contributed by atoms with E-state index in [2.05, 4.69) is 62.3 Å². The highest BCUT2D eigenvalue weighted by atomic mass is 16.5. The number of aromatic nitrogens is 1. The Balaban J connectivity index is 1.30. The fourth-order valence-electron chi connectivity index (χ4n) is 9.59. The molecular formula is C31H44N2O. The molecule has 4 aliphatic carbocycles. The Morgan fingerprint density at radius 2 is 1.76 bits per heavy atom. The summed E-state index contributed by atoms with van der Waals surface area (Å²) in [6, 6.07) is 10.1. The maximum Gasteiger partial charge on any atom is 0.0740 e. The summed E-state index contributed by atoms with van der Waals surface area (Å²) in [7, 11) is 6.63. The predicted octanol–water partition coefficient (Wildman–Crippen LogP) is 7.06.